The maximum atomic E-state index is 12.9. The molecule has 0 aromatic carbocycles. The zero-order chi connectivity index (χ0) is 10.7. The van der Waals surface area contributed by atoms with Crippen molar-refractivity contribution in [2.45, 2.75) is 6.43 Å². The summed E-state index contributed by atoms with van der Waals surface area (Å²) in [6, 6.07) is 0. The molecule has 0 radical (unpaired) electrons. The molecule has 3 nitrogen and oxygen atoms in total. The maximum Gasteiger partial charge on any atom is 0.269 e. The van der Waals surface area contributed by atoms with E-state index in [-0.39, 0.29) is 6.29 Å². The number of aldehydes is 1. The Morgan fingerprint density at radius 1 is 1.57 bits per heavy atom. The van der Waals surface area contributed by atoms with Crippen LogP contribution in [0.1, 0.15) is 22.5 Å². The van der Waals surface area contributed by atoms with Crippen LogP contribution in [0.2, 0.25) is 0 Å². The summed E-state index contributed by atoms with van der Waals surface area (Å²) in [6.07, 6.45) is -2.22. The van der Waals surface area contributed by atoms with E-state index < -0.39 is 29.2 Å². The quantitative estimate of drug-likeness (QED) is 0.708. The van der Waals surface area contributed by atoms with Crippen LogP contribution in [0.3, 0.4) is 0 Å². The van der Waals surface area contributed by atoms with Crippen LogP contribution in [0.15, 0.2) is 6.20 Å². The van der Waals surface area contributed by atoms with Crippen molar-refractivity contribution in [3.05, 3.63) is 23.3 Å². The zero-order valence-corrected chi connectivity index (χ0v) is 7.13. The molecule has 0 unspecified atom stereocenters. The normalized spacial score (nSPS) is 10.4. The molecular formula is C8H6F3NO2. The fraction of sp³-hybridized carbons (Fsp3) is 0.250. The van der Waals surface area contributed by atoms with Gasteiger partial charge in [-0.25, -0.2) is 18.2 Å². The Bertz CT molecular complexity index is 355. The lowest BCUT2D eigenvalue weighted by atomic mass is 10.2. The van der Waals surface area contributed by atoms with Crippen LogP contribution in [0.4, 0.5) is 13.2 Å². The van der Waals surface area contributed by atoms with Gasteiger partial charge >= 0.3 is 0 Å². The second-order valence-electron chi connectivity index (χ2n) is 2.36. The second kappa shape index (κ2) is 4.08. The lowest BCUT2D eigenvalue weighted by Crippen LogP contribution is -2.03. The fourth-order valence-corrected chi connectivity index (χ4v) is 1.01. The van der Waals surface area contributed by atoms with Crippen LogP contribution >= 0.6 is 0 Å². The van der Waals surface area contributed by atoms with Crippen LogP contribution < -0.4 is 4.74 Å². The molecular weight excluding hydrogens is 199 g/mol. The molecule has 0 bridgehead atoms. The van der Waals surface area contributed by atoms with Crippen molar-refractivity contribution in [3.8, 4) is 5.75 Å². The third kappa shape index (κ3) is 1.68. The summed E-state index contributed by atoms with van der Waals surface area (Å²) in [5.74, 6) is -1.66. The van der Waals surface area contributed by atoms with E-state index >= 15 is 0 Å². The van der Waals surface area contributed by atoms with Gasteiger partial charge < -0.3 is 4.74 Å². The summed E-state index contributed by atoms with van der Waals surface area (Å²) in [6.45, 7) is 0. The number of methoxy groups -OCH3 is 1. The van der Waals surface area contributed by atoms with Crippen molar-refractivity contribution in [3.63, 3.8) is 0 Å². The van der Waals surface area contributed by atoms with E-state index in [1.807, 2.05) is 0 Å². The third-order valence-corrected chi connectivity index (χ3v) is 1.59. The number of pyridine rings is 1. The molecule has 0 amide bonds. The molecule has 0 aliphatic rings. The predicted octanol–water partition coefficient (Wildman–Crippen LogP) is 1.98. The highest BCUT2D eigenvalue weighted by atomic mass is 19.3. The van der Waals surface area contributed by atoms with Crippen molar-refractivity contribution in [2.75, 3.05) is 7.11 Å². The van der Waals surface area contributed by atoms with Crippen molar-refractivity contribution in [2.24, 2.45) is 0 Å². The van der Waals surface area contributed by atoms with Gasteiger partial charge in [-0.05, 0) is 0 Å². The number of alkyl halides is 2. The Morgan fingerprint density at radius 2 is 2.21 bits per heavy atom. The Kier molecular flexibility index (Phi) is 3.06. The highest BCUT2D eigenvalue weighted by molar-refractivity contribution is 5.75. The number of rotatable bonds is 3. The first kappa shape index (κ1) is 10.5. The number of ether oxygens (including phenoxy) is 1. The van der Waals surface area contributed by atoms with E-state index in [4.69, 9.17) is 0 Å². The Morgan fingerprint density at radius 3 is 2.64 bits per heavy atom. The summed E-state index contributed by atoms with van der Waals surface area (Å²) >= 11 is 0. The number of halogens is 3. The number of hydrogen-bond donors (Lipinski definition) is 0. The molecule has 0 saturated heterocycles. The standard InChI is InChI=1S/C8H6F3NO2/c1-14-7-4(9)2-12-5(3-13)6(7)8(10)11/h2-3,8H,1H3. The van der Waals surface area contributed by atoms with E-state index in [0.717, 1.165) is 7.11 Å². The molecule has 1 heterocycles. The monoisotopic (exact) mass is 205 g/mol. The summed E-state index contributed by atoms with van der Waals surface area (Å²) < 4.78 is 42.1. The first-order valence-corrected chi connectivity index (χ1v) is 3.57. The number of carbonyl (C=O) groups is 1. The minimum Gasteiger partial charge on any atom is -0.493 e. The Labute approximate surface area is 77.5 Å². The molecule has 6 heteroatoms. The van der Waals surface area contributed by atoms with Crippen LogP contribution in [0, 0.1) is 5.82 Å². The van der Waals surface area contributed by atoms with Gasteiger partial charge in [-0.3, -0.25) is 4.79 Å². The van der Waals surface area contributed by atoms with Gasteiger partial charge in [0.05, 0.1) is 18.9 Å². The van der Waals surface area contributed by atoms with E-state index in [9.17, 15) is 18.0 Å². The molecule has 0 aliphatic carbocycles. The maximum absolute atomic E-state index is 12.9. The van der Waals surface area contributed by atoms with E-state index in [1.165, 1.54) is 0 Å². The highest BCUT2D eigenvalue weighted by Crippen LogP contribution is 2.32. The summed E-state index contributed by atoms with van der Waals surface area (Å²) in [5, 5.41) is 0. The number of aromatic nitrogens is 1. The molecule has 0 saturated carbocycles. The first-order valence-electron chi connectivity index (χ1n) is 3.57. The van der Waals surface area contributed by atoms with Gasteiger partial charge in [0.2, 0.25) is 0 Å². The van der Waals surface area contributed by atoms with Gasteiger partial charge in [0.1, 0.15) is 5.69 Å². The third-order valence-electron chi connectivity index (χ3n) is 1.59. The minimum absolute atomic E-state index is 0.128. The van der Waals surface area contributed by atoms with Crippen LogP contribution in [-0.2, 0) is 0 Å². The molecule has 0 N–H and O–H groups in total. The van der Waals surface area contributed by atoms with E-state index in [2.05, 4.69) is 9.72 Å². The molecule has 0 aliphatic heterocycles. The smallest absolute Gasteiger partial charge is 0.269 e. The zero-order valence-electron chi connectivity index (χ0n) is 7.13. The van der Waals surface area contributed by atoms with Crippen LogP contribution in [-0.4, -0.2) is 18.4 Å². The van der Waals surface area contributed by atoms with Crippen LogP contribution in [0.25, 0.3) is 0 Å². The molecule has 1 aromatic heterocycles. The largest absolute Gasteiger partial charge is 0.493 e. The van der Waals surface area contributed by atoms with E-state index in [0.29, 0.717) is 6.20 Å². The molecule has 0 spiro atoms. The first-order chi connectivity index (χ1) is 6.61. The average molecular weight is 205 g/mol. The average Bonchev–Trinajstić information content (AvgIpc) is 2.17. The summed E-state index contributed by atoms with van der Waals surface area (Å²) in [5.41, 5.74) is -1.33. The molecule has 0 atom stereocenters. The van der Waals surface area contributed by atoms with Crippen molar-refractivity contribution in [1.29, 1.82) is 0 Å². The molecule has 76 valence electrons. The Hall–Kier alpha value is -1.59. The summed E-state index contributed by atoms with van der Waals surface area (Å²) in [7, 11) is 1.04. The SMILES string of the molecule is COc1c(F)cnc(C=O)c1C(F)F. The van der Waals surface area contributed by atoms with Crippen molar-refractivity contribution < 1.29 is 22.7 Å². The van der Waals surface area contributed by atoms with Gasteiger partial charge in [0.15, 0.2) is 17.9 Å². The second-order valence-corrected chi connectivity index (χ2v) is 2.36. The van der Waals surface area contributed by atoms with E-state index in [1.54, 1.807) is 0 Å². The highest BCUT2D eigenvalue weighted by Gasteiger charge is 2.23. The van der Waals surface area contributed by atoms with Gasteiger partial charge in [-0.2, -0.15) is 0 Å². The number of carbonyl (C=O) groups excluding carboxylic acids is 1. The predicted molar refractivity (Wildman–Crippen MR) is 41.1 cm³/mol. The fourth-order valence-electron chi connectivity index (χ4n) is 1.01. The van der Waals surface area contributed by atoms with Gasteiger partial charge in [0.25, 0.3) is 6.43 Å². The molecule has 0 fully saturated rings. The Balaban J connectivity index is 3.43. The number of nitrogens with zero attached hydrogens (tertiary/aromatic N) is 1. The topological polar surface area (TPSA) is 39.2 Å². The lowest BCUT2D eigenvalue weighted by molar-refractivity contribution is 0.109. The lowest BCUT2D eigenvalue weighted by Gasteiger charge is -2.09. The molecule has 1 rings (SSSR count). The molecule has 1 aromatic rings. The van der Waals surface area contributed by atoms with Crippen LogP contribution in [0.5, 0.6) is 5.75 Å². The number of hydrogen-bond acceptors (Lipinski definition) is 3. The van der Waals surface area contributed by atoms with Crippen molar-refractivity contribution >= 4 is 6.29 Å². The van der Waals surface area contributed by atoms with Crippen molar-refractivity contribution in [1.82, 2.24) is 4.98 Å². The minimum atomic E-state index is -3.01. The summed E-state index contributed by atoms with van der Waals surface area (Å²) in [4.78, 5) is 13.6. The van der Waals surface area contributed by atoms with Gasteiger partial charge in [0, 0.05) is 0 Å². The van der Waals surface area contributed by atoms with Gasteiger partial charge in [-0.15, -0.1) is 0 Å². The molecule has 14 heavy (non-hydrogen) atoms. The van der Waals surface area contributed by atoms with Gasteiger partial charge in [-0.1, -0.05) is 0 Å².